The highest BCUT2D eigenvalue weighted by Crippen LogP contribution is 2.26. The van der Waals surface area contributed by atoms with Crippen LogP contribution in [0.1, 0.15) is 47.5 Å². The fourth-order valence-electron chi connectivity index (χ4n) is 3.54. The van der Waals surface area contributed by atoms with Gasteiger partial charge in [-0.05, 0) is 31.3 Å². The van der Waals surface area contributed by atoms with E-state index in [1.807, 2.05) is 33.8 Å². The van der Waals surface area contributed by atoms with Gasteiger partial charge in [0.05, 0.1) is 12.5 Å². The van der Waals surface area contributed by atoms with Crippen LogP contribution in [0, 0.1) is 11.8 Å². The topological polar surface area (TPSA) is 114 Å². The highest BCUT2D eigenvalue weighted by molar-refractivity contribution is 8.76. The van der Waals surface area contributed by atoms with Gasteiger partial charge in [-0.25, -0.2) is 4.79 Å². The van der Waals surface area contributed by atoms with Gasteiger partial charge in [-0.1, -0.05) is 61.4 Å². The van der Waals surface area contributed by atoms with Gasteiger partial charge in [-0.15, -0.1) is 0 Å². The molecular weight excluding hydrogens is 462 g/mol. The zero-order chi connectivity index (χ0) is 24.5. The molecule has 10 heteroatoms. The Balaban J connectivity index is 2.56. The van der Waals surface area contributed by atoms with Gasteiger partial charge in [0.25, 0.3) is 0 Å². The molecule has 0 aliphatic carbocycles. The molecule has 3 aliphatic heterocycles. The Labute approximate surface area is 203 Å². The summed E-state index contributed by atoms with van der Waals surface area (Å²) in [4.78, 5) is 52.2. The molecule has 33 heavy (non-hydrogen) atoms. The standard InChI is InChI=1S/C23H35N3O5S2/c1-6-16-17-12-33-32-10-8-7-9-15(31-23(30)20(14(4)5)26-21(16)28)11-18(27)25-19(13(2)3)22(29)24-17/h6-7,9,13-15,17,19-20H,8,10-12H2,1-5H3,(H,24,29)(H,25,27)(H,26,28)/b9-7+,16-6?/t15-,17-,19-,20+/m1/s1. The van der Waals surface area contributed by atoms with E-state index in [9.17, 15) is 19.2 Å². The quantitative estimate of drug-likeness (QED) is 0.232. The van der Waals surface area contributed by atoms with E-state index < -0.39 is 36.1 Å². The maximum atomic E-state index is 13.2. The molecule has 2 bridgehead atoms. The molecule has 0 unspecified atom stereocenters. The van der Waals surface area contributed by atoms with Gasteiger partial charge in [-0.3, -0.25) is 14.4 Å². The second-order valence-electron chi connectivity index (χ2n) is 8.79. The minimum Gasteiger partial charge on any atom is -0.456 e. The van der Waals surface area contributed by atoms with E-state index in [2.05, 4.69) is 16.0 Å². The Morgan fingerprint density at radius 1 is 1.00 bits per heavy atom. The largest absolute Gasteiger partial charge is 0.456 e. The lowest BCUT2D eigenvalue weighted by Gasteiger charge is -2.29. The van der Waals surface area contributed by atoms with Crippen LogP contribution in [0.25, 0.3) is 0 Å². The van der Waals surface area contributed by atoms with Crippen LogP contribution in [-0.2, 0) is 23.9 Å². The molecule has 0 aromatic carbocycles. The van der Waals surface area contributed by atoms with Gasteiger partial charge in [0.15, 0.2) is 0 Å². The van der Waals surface area contributed by atoms with E-state index >= 15 is 0 Å². The van der Waals surface area contributed by atoms with E-state index in [0.29, 0.717) is 11.3 Å². The van der Waals surface area contributed by atoms with Crippen molar-refractivity contribution in [1.82, 2.24) is 16.0 Å². The van der Waals surface area contributed by atoms with Gasteiger partial charge in [0.1, 0.15) is 18.2 Å². The van der Waals surface area contributed by atoms with Gasteiger partial charge in [-0.2, -0.15) is 0 Å². The summed E-state index contributed by atoms with van der Waals surface area (Å²) in [6, 6.07) is -2.25. The summed E-state index contributed by atoms with van der Waals surface area (Å²) in [5.41, 5.74) is 0.366. The van der Waals surface area contributed by atoms with Gasteiger partial charge in [0.2, 0.25) is 17.7 Å². The van der Waals surface area contributed by atoms with Crippen molar-refractivity contribution >= 4 is 45.3 Å². The predicted octanol–water partition coefficient (Wildman–Crippen LogP) is 2.36. The number of esters is 1. The first-order valence-corrected chi connectivity index (χ1v) is 13.8. The third kappa shape index (κ3) is 8.10. The highest BCUT2D eigenvalue weighted by Gasteiger charge is 2.34. The maximum absolute atomic E-state index is 13.2. The Morgan fingerprint density at radius 2 is 1.70 bits per heavy atom. The predicted molar refractivity (Wildman–Crippen MR) is 132 cm³/mol. The van der Waals surface area contributed by atoms with E-state index in [4.69, 9.17) is 4.74 Å². The molecule has 3 heterocycles. The number of ether oxygens (including phenoxy) is 1. The molecular formula is C23H35N3O5S2. The van der Waals surface area contributed by atoms with Crippen LogP contribution in [0.5, 0.6) is 0 Å². The first-order valence-electron chi connectivity index (χ1n) is 11.3. The molecule has 3 N–H and O–H groups in total. The minimum atomic E-state index is -0.888. The number of hydrogen-bond acceptors (Lipinski definition) is 7. The second-order valence-corrected chi connectivity index (χ2v) is 11.4. The molecule has 0 saturated carbocycles. The van der Waals surface area contributed by atoms with E-state index in [1.165, 1.54) is 0 Å². The fraction of sp³-hybridized carbons (Fsp3) is 0.652. The first kappa shape index (κ1) is 27.3. The summed E-state index contributed by atoms with van der Waals surface area (Å²) in [6.45, 7) is 9.04. The number of fused-ring (bicyclic) bond motifs is 15. The molecule has 3 rings (SSSR count). The highest BCUT2D eigenvalue weighted by atomic mass is 33.1. The number of carbonyl (C=O) groups is 4. The number of nitrogens with one attached hydrogen (secondary N) is 3. The number of carbonyl (C=O) groups excluding carboxylic acids is 4. The Kier molecular flexibility index (Phi) is 10.8. The van der Waals surface area contributed by atoms with Gasteiger partial charge >= 0.3 is 5.97 Å². The smallest absolute Gasteiger partial charge is 0.329 e. The molecule has 184 valence electrons. The molecule has 0 radical (unpaired) electrons. The molecule has 0 aromatic rings. The van der Waals surface area contributed by atoms with Crippen molar-refractivity contribution in [2.45, 2.75) is 71.7 Å². The lowest BCUT2D eigenvalue weighted by molar-refractivity contribution is -0.153. The number of allylic oxidation sites excluding steroid dienone is 2. The average Bonchev–Trinajstić information content (AvgIpc) is 2.74. The lowest BCUT2D eigenvalue weighted by atomic mass is 9.99. The normalized spacial score (nSPS) is 30.7. The Hall–Kier alpha value is -1.94. The van der Waals surface area contributed by atoms with Crippen molar-refractivity contribution in [1.29, 1.82) is 0 Å². The van der Waals surface area contributed by atoms with Crippen LogP contribution >= 0.6 is 21.6 Å². The minimum absolute atomic E-state index is 0.108. The van der Waals surface area contributed by atoms with Crippen molar-refractivity contribution in [3.8, 4) is 0 Å². The molecule has 3 amide bonds. The van der Waals surface area contributed by atoms with Crippen LogP contribution in [0.4, 0.5) is 0 Å². The zero-order valence-corrected chi connectivity index (χ0v) is 21.5. The third-order valence-corrected chi connectivity index (χ3v) is 7.88. The molecule has 0 aromatic heterocycles. The van der Waals surface area contributed by atoms with Crippen LogP contribution in [0.2, 0.25) is 0 Å². The van der Waals surface area contributed by atoms with Crippen molar-refractivity contribution in [3.05, 3.63) is 23.8 Å². The van der Waals surface area contributed by atoms with E-state index in [-0.39, 0.29) is 30.1 Å². The van der Waals surface area contributed by atoms with Crippen LogP contribution in [0.3, 0.4) is 0 Å². The molecule has 1 saturated heterocycles. The number of hydrogen-bond donors (Lipinski definition) is 3. The summed E-state index contributed by atoms with van der Waals surface area (Å²) in [7, 11) is 3.21. The molecule has 0 spiro atoms. The first-order chi connectivity index (χ1) is 15.6. The maximum Gasteiger partial charge on any atom is 0.329 e. The number of amides is 3. The Morgan fingerprint density at radius 3 is 2.33 bits per heavy atom. The molecule has 1 fully saturated rings. The second kappa shape index (κ2) is 13.1. The zero-order valence-electron chi connectivity index (χ0n) is 19.9. The van der Waals surface area contributed by atoms with Crippen LogP contribution < -0.4 is 16.0 Å². The Bertz CT molecular complexity index is 797. The summed E-state index contributed by atoms with van der Waals surface area (Å²) >= 11 is 0. The lowest BCUT2D eigenvalue weighted by Crippen LogP contribution is -2.55. The van der Waals surface area contributed by atoms with E-state index in [1.54, 1.807) is 40.7 Å². The molecule has 8 nitrogen and oxygen atoms in total. The van der Waals surface area contributed by atoms with Crippen molar-refractivity contribution in [2.75, 3.05) is 11.5 Å². The van der Waals surface area contributed by atoms with Crippen molar-refractivity contribution < 1.29 is 23.9 Å². The summed E-state index contributed by atoms with van der Waals surface area (Å²) in [5.74, 6) is -0.885. The fourth-order valence-corrected chi connectivity index (χ4v) is 5.73. The van der Waals surface area contributed by atoms with Gasteiger partial charge < -0.3 is 20.7 Å². The molecule has 4 atom stereocenters. The monoisotopic (exact) mass is 497 g/mol. The SMILES string of the molecule is CC=C1C(=O)N[C@@H](C(C)C)C(=O)O[C@@H]2/C=C/CCSSC[C@H]1NC(=O)[C@@H](C(C)C)NC(=O)C2. The van der Waals surface area contributed by atoms with Crippen LogP contribution in [-0.4, -0.2) is 59.4 Å². The molecule has 3 aliphatic rings. The summed E-state index contributed by atoms with van der Waals surface area (Å²) < 4.78 is 5.67. The van der Waals surface area contributed by atoms with E-state index in [0.717, 1.165) is 12.2 Å². The average molecular weight is 498 g/mol. The summed E-state index contributed by atoms with van der Waals surface area (Å²) in [5, 5.41) is 8.55. The summed E-state index contributed by atoms with van der Waals surface area (Å²) in [6.07, 6.45) is 5.10. The van der Waals surface area contributed by atoms with Crippen molar-refractivity contribution in [3.63, 3.8) is 0 Å². The van der Waals surface area contributed by atoms with Crippen LogP contribution in [0.15, 0.2) is 23.8 Å². The van der Waals surface area contributed by atoms with Gasteiger partial charge in [0, 0.05) is 17.1 Å². The van der Waals surface area contributed by atoms with Crippen molar-refractivity contribution in [2.24, 2.45) is 11.8 Å². The third-order valence-electron chi connectivity index (χ3n) is 5.43. The number of rotatable bonds is 2.